The number of aromatic nitrogens is 2. The number of fused-ring (bicyclic) bond motifs is 5. The minimum Gasteiger partial charge on any atom is -0.507 e. The zero-order valence-corrected chi connectivity index (χ0v) is 31.5. The second-order valence-electron chi connectivity index (χ2n) is 14.8. The Labute approximate surface area is 334 Å². The van der Waals surface area contributed by atoms with Crippen LogP contribution in [0.25, 0.3) is 111 Å². The second-order valence-corrected chi connectivity index (χ2v) is 14.8. The number of nitrogens with zero attached hydrogens (tertiary/aromatic N) is 2. The predicted molar refractivity (Wildman–Crippen MR) is 236 cm³/mol. The fourth-order valence-corrected chi connectivity index (χ4v) is 8.25. The summed E-state index contributed by atoms with van der Waals surface area (Å²) in [6, 6.07) is 61.6. The largest absolute Gasteiger partial charge is 0.507 e. The van der Waals surface area contributed by atoms with Gasteiger partial charge in [-0.3, -0.25) is 4.98 Å². The van der Waals surface area contributed by atoms with Crippen molar-refractivity contribution in [1.82, 2.24) is 9.97 Å². The zero-order valence-electron chi connectivity index (χ0n) is 31.5. The van der Waals surface area contributed by atoms with E-state index < -0.39 is 0 Å². The van der Waals surface area contributed by atoms with Gasteiger partial charge in [-0.15, -0.1) is 0 Å². The van der Waals surface area contributed by atoms with Crippen molar-refractivity contribution in [1.29, 1.82) is 0 Å². The van der Waals surface area contributed by atoms with Gasteiger partial charge >= 0.3 is 0 Å². The number of aromatic hydroxyl groups is 1. The van der Waals surface area contributed by atoms with Crippen molar-refractivity contribution < 1.29 is 13.9 Å². The number of pyridine rings is 2. The fourth-order valence-electron chi connectivity index (χ4n) is 8.25. The highest BCUT2D eigenvalue weighted by molar-refractivity contribution is 6.08. The van der Waals surface area contributed by atoms with E-state index in [1.807, 2.05) is 91.9 Å². The lowest BCUT2D eigenvalue weighted by Crippen LogP contribution is -1.93. The summed E-state index contributed by atoms with van der Waals surface area (Å²) in [6.07, 6.45) is 0. The average Bonchev–Trinajstić information content (AvgIpc) is 3.85. The van der Waals surface area contributed by atoms with E-state index in [1.165, 1.54) is 0 Å². The molecule has 1 N–H and O–H groups in total. The van der Waals surface area contributed by atoms with Gasteiger partial charge in [0.15, 0.2) is 0 Å². The van der Waals surface area contributed by atoms with Crippen LogP contribution in [0.1, 0.15) is 5.69 Å². The van der Waals surface area contributed by atoms with E-state index in [4.69, 9.17) is 18.8 Å². The van der Waals surface area contributed by atoms with Crippen molar-refractivity contribution in [3.8, 4) is 73.3 Å². The molecule has 274 valence electrons. The van der Waals surface area contributed by atoms with E-state index in [9.17, 15) is 5.11 Å². The Balaban J connectivity index is 1.01. The number of phenols is 1. The number of hydrogen-bond acceptors (Lipinski definition) is 5. The maximum atomic E-state index is 11.5. The van der Waals surface area contributed by atoms with Gasteiger partial charge in [0.25, 0.3) is 0 Å². The molecule has 0 aliphatic rings. The maximum absolute atomic E-state index is 11.5. The molecule has 5 nitrogen and oxygen atoms in total. The van der Waals surface area contributed by atoms with Gasteiger partial charge in [-0.05, 0) is 78.0 Å². The summed E-state index contributed by atoms with van der Waals surface area (Å²) in [5.41, 5.74) is 11.4. The Hall–Kier alpha value is -7.76. The van der Waals surface area contributed by atoms with Crippen molar-refractivity contribution in [2.24, 2.45) is 0 Å². The lowest BCUT2D eigenvalue weighted by atomic mass is 9.97. The van der Waals surface area contributed by atoms with Gasteiger partial charge < -0.3 is 13.9 Å². The van der Waals surface area contributed by atoms with E-state index in [0.717, 1.165) is 105 Å². The van der Waals surface area contributed by atoms with E-state index >= 15 is 0 Å². The van der Waals surface area contributed by atoms with E-state index in [2.05, 4.69) is 97.1 Å². The first-order valence-corrected chi connectivity index (χ1v) is 19.4. The molecular formula is C53H34N2O3. The van der Waals surface area contributed by atoms with Gasteiger partial charge in [-0.25, -0.2) is 4.98 Å². The molecule has 0 aliphatic heterocycles. The summed E-state index contributed by atoms with van der Waals surface area (Å²) in [6.45, 7) is 2.02. The van der Waals surface area contributed by atoms with Crippen molar-refractivity contribution in [2.45, 2.75) is 6.92 Å². The smallest absolute Gasteiger partial charge is 0.142 e. The van der Waals surface area contributed by atoms with E-state index in [-0.39, 0.29) is 5.75 Å². The molecular weight excluding hydrogens is 713 g/mol. The SMILES string of the molecule is Cc1cc(-c2oc(-c3ccc4c(c3)oc3ccccc34)c3ccccc23)cc(-c2cccc(-c3cc(-c4ccccc4)cc(-c4ccc5ccccc5c4O)n3)c2)n1. The van der Waals surface area contributed by atoms with Gasteiger partial charge in [-0.1, -0.05) is 127 Å². The highest BCUT2D eigenvalue weighted by Gasteiger charge is 2.20. The fraction of sp³-hybridized carbons (Fsp3) is 0.0189. The molecule has 0 fully saturated rings. The van der Waals surface area contributed by atoms with Crippen LogP contribution in [-0.2, 0) is 0 Å². The quantitative estimate of drug-likeness (QED) is 0.183. The monoisotopic (exact) mass is 746 g/mol. The van der Waals surface area contributed by atoms with Gasteiger partial charge in [0.1, 0.15) is 28.4 Å². The van der Waals surface area contributed by atoms with Crippen LogP contribution in [0, 0.1) is 6.92 Å². The van der Waals surface area contributed by atoms with Gasteiger partial charge in [0.05, 0.1) is 17.1 Å². The van der Waals surface area contributed by atoms with E-state index in [0.29, 0.717) is 11.3 Å². The average molecular weight is 747 g/mol. The second kappa shape index (κ2) is 13.5. The molecule has 5 heteroatoms. The maximum Gasteiger partial charge on any atom is 0.142 e. The van der Waals surface area contributed by atoms with Crippen molar-refractivity contribution in [3.63, 3.8) is 0 Å². The van der Waals surface area contributed by atoms with Crippen LogP contribution in [0.3, 0.4) is 0 Å². The Morgan fingerprint density at radius 3 is 1.81 bits per heavy atom. The van der Waals surface area contributed by atoms with Crippen LogP contribution >= 0.6 is 0 Å². The lowest BCUT2D eigenvalue weighted by Gasteiger charge is -2.13. The highest BCUT2D eigenvalue weighted by Crippen LogP contribution is 2.43. The molecule has 0 spiro atoms. The van der Waals surface area contributed by atoms with Crippen LogP contribution in [0.15, 0.2) is 191 Å². The van der Waals surface area contributed by atoms with Crippen LogP contribution in [0.4, 0.5) is 0 Å². The number of phenolic OH excluding ortho intramolecular Hbond substituents is 1. The van der Waals surface area contributed by atoms with Crippen molar-refractivity contribution >= 4 is 43.5 Å². The molecule has 4 aromatic heterocycles. The predicted octanol–water partition coefficient (Wildman–Crippen LogP) is 14.3. The molecule has 11 rings (SSSR count). The highest BCUT2D eigenvalue weighted by atomic mass is 16.3. The minimum absolute atomic E-state index is 0.218. The first kappa shape index (κ1) is 33.6. The first-order valence-electron chi connectivity index (χ1n) is 19.4. The van der Waals surface area contributed by atoms with Crippen LogP contribution < -0.4 is 0 Å². The zero-order chi connectivity index (χ0) is 38.7. The molecule has 58 heavy (non-hydrogen) atoms. The Kier molecular flexibility index (Phi) is 7.79. The molecule has 7 aromatic carbocycles. The molecule has 0 radical (unpaired) electrons. The molecule has 0 atom stereocenters. The van der Waals surface area contributed by atoms with E-state index in [1.54, 1.807) is 0 Å². The molecule has 0 saturated heterocycles. The molecule has 11 aromatic rings. The number of aryl methyl sites for hydroxylation is 1. The van der Waals surface area contributed by atoms with Gasteiger partial charge in [0.2, 0.25) is 0 Å². The summed E-state index contributed by atoms with van der Waals surface area (Å²) in [4.78, 5) is 10.2. The number of para-hydroxylation sites is 1. The molecule has 4 heterocycles. The number of benzene rings is 7. The third-order valence-electron chi connectivity index (χ3n) is 11.0. The summed E-state index contributed by atoms with van der Waals surface area (Å²) in [5, 5.41) is 17.5. The molecule has 0 aliphatic carbocycles. The standard InChI is InChI=1S/C53H34N2O3/c1-32-26-39(53-44-20-8-7-19-43(44)52(58-53)37-23-24-42-41-18-9-10-21-49(41)57-50(42)31-37)30-46(54-32)35-15-11-16-36(27-35)47-28-38(33-12-3-2-4-13-33)29-48(55-47)45-25-22-34-14-5-6-17-40(34)51(45)56/h2-31,56H,1H3. The van der Waals surface area contributed by atoms with Crippen LogP contribution in [-0.4, -0.2) is 15.1 Å². The summed E-state index contributed by atoms with van der Waals surface area (Å²) in [7, 11) is 0. The molecule has 0 unspecified atom stereocenters. The lowest BCUT2D eigenvalue weighted by molar-refractivity contribution is 0.483. The third-order valence-corrected chi connectivity index (χ3v) is 11.0. The Bertz CT molecular complexity index is 3380. The normalized spacial score (nSPS) is 11.6. The molecule has 0 bridgehead atoms. The summed E-state index contributed by atoms with van der Waals surface area (Å²) >= 11 is 0. The topological polar surface area (TPSA) is 72.3 Å². The minimum atomic E-state index is 0.218. The van der Waals surface area contributed by atoms with Gasteiger partial charge in [0, 0.05) is 60.4 Å². The summed E-state index contributed by atoms with van der Waals surface area (Å²) in [5.74, 6) is 1.80. The van der Waals surface area contributed by atoms with Gasteiger partial charge in [-0.2, -0.15) is 0 Å². The molecule has 0 saturated carbocycles. The summed E-state index contributed by atoms with van der Waals surface area (Å²) < 4.78 is 13.1. The number of hydrogen-bond donors (Lipinski definition) is 1. The third kappa shape index (κ3) is 5.72. The Morgan fingerprint density at radius 2 is 1.00 bits per heavy atom. The van der Waals surface area contributed by atoms with Crippen LogP contribution in [0.2, 0.25) is 0 Å². The molecule has 0 amide bonds. The number of furan rings is 2. The Morgan fingerprint density at radius 1 is 0.379 bits per heavy atom. The van der Waals surface area contributed by atoms with Crippen molar-refractivity contribution in [3.05, 3.63) is 188 Å². The van der Waals surface area contributed by atoms with Crippen LogP contribution in [0.5, 0.6) is 5.75 Å². The first-order chi connectivity index (χ1) is 28.5. The van der Waals surface area contributed by atoms with Crippen molar-refractivity contribution in [2.75, 3.05) is 0 Å². The number of rotatable bonds is 6.